The van der Waals surface area contributed by atoms with E-state index in [1.54, 1.807) is 36.2 Å². The van der Waals surface area contributed by atoms with Gasteiger partial charge in [0.2, 0.25) is 5.91 Å². The highest BCUT2D eigenvalue weighted by molar-refractivity contribution is 5.94. The van der Waals surface area contributed by atoms with Crippen molar-refractivity contribution in [1.82, 2.24) is 0 Å². The summed E-state index contributed by atoms with van der Waals surface area (Å²) in [6.45, 7) is 2.02. The number of aryl methyl sites for hydroxylation is 1. The van der Waals surface area contributed by atoms with Crippen LogP contribution in [0, 0.1) is 6.92 Å². The third-order valence-electron chi connectivity index (χ3n) is 3.09. The summed E-state index contributed by atoms with van der Waals surface area (Å²) >= 11 is 0. The Balaban J connectivity index is 2.07. The second-order valence-corrected chi connectivity index (χ2v) is 4.63. The molecule has 0 unspecified atom stereocenters. The highest BCUT2D eigenvalue weighted by Crippen LogP contribution is 2.18. The van der Waals surface area contributed by atoms with Crippen molar-refractivity contribution < 1.29 is 9.90 Å². The third-order valence-corrected chi connectivity index (χ3v) is 3.09. The molecule has 0 radical (unpaired) electrons. The van der Waals surface area contributed by atoms with Crippen LogP contribution in [0.15, 0.2) is 48.5 Å². The number of likely N-dealkylation sites (N-methyl/N-ethyl adjacent to an activating group) is 1. The van der Waals surface area contributed by atoms with Crippen LogP contribution in [0.3, 0.4) is 0 Å². The van der Waals surface area contributed by atoms with E-state index in [1.807, 2.05) is 31.2 Å². The zero-order valence-electron chi connectivity index (χ0n) is 11.1. The first-order valence-corrected chi connectivity index (χ1v) is 6.17. The SMILES string of the molecule is Cc1ccc(CC(=O)N(C)c2ccc(O)cc2)cc1. The molecule has 0 atom stereocenters. The number of aromatic hydroxyl groups is 1. The number of carbonyl (C=O) groups excluding carboxylic acids is 1. The molecule has 0 bridgehead atoms. The zero-order valence-corrected chi connectivity index (χ0v) is 11.1. The van der Waals surface area contributed by atoms with Crippen molar-refractivity contribution >= 4 is 11.6 Å². The first-order valence-electron chi connectivity index (χ1n) is 6.17. The van der Waals surface area contributed by atoms with Crippen LogP contribution >= 0.6 is 0 Å². The Labute approximate surface area is 113 Å². The van der Waals surface area contributed by atoms with Crippen molar-refractivity contribution in [3.63, 3.8) is 0 Å². The molecule has 0 spiro atoms. The molecule has 0 aromatic heterocycles. The molecule has 0 saturated heterocycles. The summed E-state index contributed by atoms with van der Waals surface area (Å²) in [5, 5.41) is 9.23. The Bertz CT molecular complexity index is 558. The Morgan fingerprint density at radius 2 is 1.63 bits per heavy atom. The van der Waals surface area contributed by atoms with Crippen LogP contribution in [0.5, 0.6) is 5.75 Å². The molecule has 3 heteroatoms. The minimum Gasteiger partial charge on any atom is -0.508 e. The first-order chi connectivity index (χ1) is 9.06. The second kappa shape index (κ2) is 5.57. The first kappa shape index (κ1) is 13.1. The number of hydrogen-bond acceptors (Lipinski definition) is 2. The van der Waals surface area contributed by atoms with Crippen LogP contribution in [0.1, 0.15) is 11.1 Å². The summed E-state index contributed by atoms with van der Waals surface area (Å²) in [5.74, 6) is 0.220. The Hall–Kier alpha value is -2.29. The molecular formula is C16H17NO2. The number of nitrogens with zero attached hydrogens (tertiary/aromatic N) is 1. The predicted molar refractivity (Wildman–Crippen MR) is 76.4 cm³/mol. The van der Waals surface area contributed by atoms with Gasteiger partial charge in [-0.05, 0) is 36.8 Å². The zero-order chi connectivity index (χ0) is 13.8. The van der Waals surface area contributed by atoms with Gasteiger partial charge in [-0.3, -0.25) is 4.79 Å². The lowest BCUT2D eigenvalue weighted by atomic mass is 10.1. The van der Waals surface area contributed by atoms with E-state index in [2.05, 4.69) is 0 Å². The number of rotatable bonds is 3. The van der Waals surface area contributed by atoms with Crippen molar-refractivity contribution in [2.45, 2.75) is 13.3 Å². The van der Waals surface area contributed by atoms with Crippen molar-refractivity contribution in [3.05, 3.63) is 59.7 Å². The average molecular weight is 255 g/mol. The Morgan fingerprint density at radius 1 is 1.05 bits per heavy atom. The van der Waals surface area contributed by atoms with Gasteiger partial charge in [-0.2, -0.15) is 0 Å². The van der Waals surface area contributed by atoms with Gasteiger partial charge < -0.3 is 10.0 Å². The van der Waals surface area contributed by atoms with Crippen molar-refractivity contribution in [2.24, 2.45) is 0 Å². The van der Waals surface area contributed by atoms with Crippen molar-refractivity contribution in [2.75, 3.05) is 11.9 Å². The standard InChI is InChI=1S/C16H17NO2/c1-12-3-5-13(6-4-12)11-16(19)17(2)14-7-9-15(18)10-8-14/h3-10,18H,11H2,1-2H3. The molecule has 3 nitrogen and oxygen atoms in total. The van der Waals surface area contributed by atoms with E-state index in [1.165, 1.54) is 5.56 Å². The summed E-state index contributed by atoms with van der Waals surface area (Å²) in [4.78, 5) is 13.7. The third kappa shape index (κ3) is 3.35. The van der Waals surface area contributed by atoms with E-state index in [-0.39, 0.29) is 11.7 Å². The smallest absolute Gasteiger partial charge is 0.231 e. The molecule has 19 heavy (non-hydrogen) atoms. The molecule has 1 amide bonds. The molecule has 2 aromatic rings. The van der Waals surface area contributed by atoms with Gasteiger partial charge in [0.25, 0.3) is 0 Å². The van der Waals surface area contributed by atoms with Gasteiger partial charge in [0.15, 0.2) is 0 Å². The molecular weight excluding hydrogens is 238 g/mol. The minimum absolute atomic E-state index is 0.0227. The maximum absolute atomic E-state index is 12.1. The lowest BCUT2D eigenvalue weighted by molar-refractivity contribution is -0.117. The van der Waals surface area contributed by atoms with Gasteiger partial charge in [0.1, 0.15) is 5.75 Å². The predicted octanol–water partition coefficient (Wildman–Crippen LogP) is 2.91. The maximum atomic E-state index is 12.1. The fraction of sp³-hybridized carbons (Fsp3) is 0.188. The molecule has 0 heterocycles. The minimum atomic E-state index is 0.0227. The lowest BCUT2D eigenvalue weighted by Gasteiger charge is -2.17. The van der Waals surface area contributed by atoms with Crippen molar-refractivity contribution in [1.29, 1.82) is 0 Å². The van der Waals surface area contributed by atoms with Gasteiger partial charge in [-0.1, -0.05) is 29.8 Å². The molecule has 0 aliphatic carbocycles. The topological polar surface area (TPSA) is 40.5 Å². The molecule has 0 aliphatic heterocycles. The number of hydrogen-bond donors (Lipinski definition) is 1. The highest BCUT2D eigenvalue weighted by atomic mass is 16.3. The van der Waals surface area contributed by atoms with Crippen LogP contribution in [0.25, 0.3) is 0 Å². The fourth-order valence-electron chi connectivity index (χ4n) is 1.82. The maximum Gasteiger partial charge on any atom is 0.231 e. The van der Waals surface area contributed by atoms with Gasteiger partial charge in [-0.25, -0.2) is 0 Å². The number of phenols is 1. The monoisotopic (exact) mass is 255 g/mol. The Morgan fingerprint density at radius 3 is 2.21 bits per heavy atom. The summed E-state index contributed by atoms with van der Waals surface area (Å²) in [5.41, 5.74) is 2.96. The van der Waals surface area contributed by atoms with Crippen LogP contribution < -0.4 is 4.90 Å². The van der Waals surface area contributed by atoms with Crippen molar-refractivity contribution in [3.8, 4) is 5.75 Å². The number of benzene rings is 2. The van der Waals surface area contributed by atoms with Crippen LogP contribution in [-0.2, 0) is 11.2 Å². The van der Waals surface area contributed by atoms with Crippen LogP contribution in [0.4, 0.5) is 5.69 Å². The average Bonchev–Trinajstić information content (AvgIpc) is 2.41. The highest BCUT2D eigenvalue weighted by Gasteiger charge is 2.11. The fourth-order valence-corrected chi connectivity index (χ4v) is 1.82. The van der Waals surface area contributed by atoms with Gasteiger partial charge in [0, 0.05) is 12.7 Å². The van der Waals surface area contributed by atoms with E-state index in [4.69, 9.17) is 0 Å². The summed E-state index contributed by atoms with van der Waals surface area (Å²) in [7, 11) is 1.74. The van der Waals surface area contributed by atoms with E-state index >= 15 is 0 Å². The molecule has 2 rings (SSSR count). The quantitative estimate of drug-likeness (QED) is 0.916. The molecule has 0 saturated carbocycles. The summed E-state index contributed by atoms with van der Waals surface area (Å²) in [6.07, 6.45) is 0.373. The van der Waals surface area contributed by atoms with Gasteiger partial charge >= 0.3 is 0 Å². The van der Waals surface area contributed by atoms with Gasteiger partial charge in [-0.15, -0.1) is 0 Å². The molecule has 0 fully saturated rings. The number of phenolic OH excluding ortho intramolecular Hbond substituents is 1. The summed E-state index contributed by atoms with van der Waals surface area (Å²) < 4.78 is 0. The Kier molecular flexibility index (Phi) is 3.85. The number of carbonyl (C=O) groups is 1. The van der Waals surface area contributed by atoms with E-state index in [0.29, 0.717) is 6.42 Å². The molecule has 98 valence electrons. The van der Waals surface area contributed by atoms with Gasteiger partial charge in [0.05, 0.1) is 6.42 Å². The molecule has 2 aromatic carbocycles. The van der Waals surface area contributed by atoms with E-state index in [9.17, 15) is 9.90 Å². The lowest BCUT2D eigenvalue weighted by Crippen LogP contribution is -2.27. The molecule has 1 N–H and O–H groups in total. The van der Waals surface area contributed by atoms with Crippen LogP contribution in [0.2, 0.25) is 0 Å². The molecule has 0 aliphatic rings. The van der Waals surface area contributed by atoms with E-state index < -0.39 is 0 Å². The van der Waals surface area contributed by atoms with E-state index in [0.717, 1.165) is 11.3 Å². The number of amides is 1. The normalized spacial score (nSPS) is 10.2. The summed E-state index contributed by atoms with van der Waals surface area (Å²) in [6, 6.07) is 14.5. The van der Waals surface area contributed by atoms with Crippen LogP contribution in [-0.4, -0.2) is 18.1 Å². The largest absolute Gasteiger partial charge is 0.508 e. The number of anilines is 1. The second-order valence-electron chi connectivity index (χ2n) is 4.63.